The molecule has 3 heterocycles. The van der Waals surface area contributed by atoms with Crippen molar-refractivity contribution in [3.05, 3.63) is 109 Å². The average Bonchev–Trinajstić information content (AvgIpc) is 3.70. The lowest BCUT2D eigenvalue weighted by molar-refractivity contribution is 0.0931. The van der Waals surface area contributed by atoms with Crippen molar-refractivity contribution in [2.75, 3.05) is 23.8 Å². The maximum atomic E-state index is 13.1. The third-order valence-corrected chi connectivity index (χ3v) is 8.14. The molecular weight excluding hydrogens is 578 g/mol. The Bertz CT molecular complexity index is 2020. The third-order valence-electron chi connectivity index (χ3n) is 8.14. The van der Waals surface area contributed by atoms with E-state index in [0.717, 1.165) is 40.7 Å². The molecule has 0 fully saturated rings. The molecule has 0 unspecified atom stereocenters. The van der Waals surface area contributed by atoms with Crippen LogP contribution in [0.15, 0.2) is 64.7 Å². The highest BCUT2D eigenvalue weighted by atomic mass is 16.5. The summed E-state index contributed by atoms with van der Waals surface area (Å²) < 4.78 is 5.82. The van der Waals surface area contributed by atoms with Crippen LogP contribution in [0.3, 0.4) is 0 Å². The monoisotopic (exact) mass is 605 g/mol. The molecule has 226 valence electrons. The number of nitrogen functional groups attached to an aromatic ring is 1. The molecule has 1 aliphatic carbocycles. The molecule has 0 spiro atoms. The smallest absolute Gasteiger partial charge is 0.270 e. The highest BCUT2D eigenvalue weighted by Gasteiger charge is 2.27. The molecule has 5 N–H and O–H groups in total. The van der Waals surface area contributed by atoms with Gasteiger partial charge in [0, 0.05) is 30.3 Å². The normalized spacial score (nSPS) is 15.6. The van der Waals surface area contributed by atoms with Gasteiger partial charge in [-0.25, -0.2) is 15.0 Å². The number of nitrogens with two attached hydrogens (primary N) is 1. The Morgan fingerprint density at radius 1 is 0.978 bits per heavy atom. The quantitative estimate of drug-likeness (QED) is 0.194. The van der Waals surface area contributed by atoms with Crippen LogP contribution in [0.25, 0.3) is 11.4 Å². The second-order valence-corrected chi connectivity index (χ2v) is 10.9. The lowest BCUT2D eigenvalue weighted by Gasteiger charge is -2.24. The van der Waals surface area contributed by atoms with Gasteiger partial charge in [0.15, 0.2) is 5.82 Å². The molecule has 2 amide bonds. The Balaban J connectivity index is 0.992. The third kappa shape index (κ3) is 5.26. The summed E-state index contributed by atoms with van der Waals surface area (Å²) >= 11 is 0. The summed E-state index contributed by atoms with van der Waals surface area (Å²) in [5.41, 5.74) is 9.49. The molecule has 45 heavy (non-hydrogen) atoms. The van der Waals surface area contributed by atoms with Crippen molar-refractivity contribution in [1.29, 1.82) is 0 Å². The van der Waals surface area contributed by atoms with Gasteiger partial charge in [-0.2, -0.15) is 5.10 Å². The Morgan fingerprint density at radius 3 is 2.62 bits per heavy atom. The van der Waals surface area contributed by atoms with Crippen LogP contribution in [0, 0.1) is 0 Å². The van der Waals surface area contributed by atoms with Gasteiger partial charge < -0.3 is 26.0 Å². The van der Waals surface area contributed by atoms with E-state index in [1.807, 2.05) is 30.3 Å². The van der Waals surface area contributed by atoms with Gasteiger partial charge in [-0.15, -0.1) is 0 Å². The molecule has 2 aliphatic rings. The molecule has 3 aromatic carbocycles. The van der Waals surface area contributed by atoms with Crippen molar-refractivity contribution in [2.24, 2.45) is 0 Å². The predicted molar refractivity (Wildman–Crippen MR) is 162 cm³/mol. The molecule has 2 aromatic heterocycles. The number of fused-ring (bicyclic) bond motifs is 2. The van der Waals surface area contributed by atoms with Crippen LogP contribution in [-0.2, 0) is 19.5 Å². The number of anilines is 2. The number of nitrogens with zero attached hydrogens (tertiary/aromatic N) is 5. The zero-order valence-electron chi connectivity index (χ0n) is 23.9. The van der Waals surface area contributed by atoms with E-state index in [1.165, 1.54) is 18.7 Å². The summed E-state index contributed by atoms with van der Waals surface area (Å²) in [7, 11) is 0. The van der Waals surface area contributed by atoms with Crippen molar-refractivity contribution < 1.29 is 14.3 Å². The van der Waals surface area contributed by atoms with Crippen molar-refractivity contribution in [2.45, 2.75) is 32.0 Å². The van der Waals surface area contributed by atoms with Crippen molar-refractivity contribution in [1.82, 2.24) is 35.8 Å². The summed E-state index contributed by atoms with van der Waals surface area (Å²) in [6, 6.07) is 12.6. The number of carbonyl (C=O) groups excluding carboxylic acids is 2. The van der Waals surface area contributed by atoms with E-state index in [-0.39, 0.29) is 35.3 Å². The van der Waals surface area contributed by atoms with Gasteiger partial charge in [0.25, 0.3) is 22.7 Å². The molecule has 5 aromatic rings. The van der Waals surface area contributed by atoms with Crippen molar-refractivity contribution >= 4 is 23.2 Å². The topological polar surface area (TPSA) is 198 Å². The molecule has 14 heteroatoms. The van der Waals surface area contributed by atoms with Crippen LogP contribution in [-0.4, -0.2) is 50.1 Å². The highest BCUT2D eigenvalue weighted by Crippen LogP contribution is 2.34. The summed E-state index contributed by atoms with van der Waals surface area (Å²) in [5, 5.41) is 12.6. The zero-order valence-corrected chi connectivity index (χ0v) is 23.9. The van der Waals surface area contributed by atoms with Gasteiger partial charge >= 0.3 is 0 Å². The fraction of sp³-hybridized carbons (Fsp3) is 0.226. The molecule has 1 aliphatic heterocycles. The minimum absolute atomic E-state index is 0.0320. The van der Waals surface area contributed by atoms with Crippen LogP contribution in [0.5, 0.6) is 5.75 Å². The molecule has 0 radical (unpaired) electrons. The number of aromatic amines is 1. The van der Waals surface area contributed by atoms with Crippen LogP contribution in [0.2, 0.25) is 0 Å². The first kappa shape index (κ1) is 27.9. The molecule has 7 rings (SSSR count). The first-order chi connectivity index (χ1) is 21.9. The zero-order chi connectivity index (χ0) is 31.1. The average molecular weight is 606 g/mol. The summed E-state index contributed by atoms with van der Waals surface area (Å²) in [6.45, 7) is 1.22. The standard InChI is InChI=1S/C31H27N9O5/c32-25-26(28(42)27(25)41)40-7-8-45-24-6-1-16(9-19(24)13-40)12-33-30(43)22-11-23(35-14-34-22)31(44)38-21-5-3-17-10-18(2-4-20(17)21)29-36-15-37-39-29/h1-2,4,6,9-11,14-15,21H,3,5,7-8,12-13,32H2,(H,33,43)(H,38,44)(H,36,37,39)/t21-/m0/s1. The Labute approximate surface area is 255 Å². The number of hydrogen-bond donors (Lipinski definition) is 4. The molecule has 1 atom stereocenters. The van der Waals surface area contributed by atoms with Crippen molar-refractivity contribution in [3.8, 4) is 17.1 Å². The molecule has 0 saturated carbocycles. The van der Waals surface area contributed by atoms with Gasteiger partial charge in [0.1, 0.15) is 47.8 Å². The molecule has 14 nitrogen and oxygen atoms in total. The first-order valence-electron chi connectivity index (χ1n) is 14.3. The number of aryl methyl sites for hydroxylation is 1. The van der Waals surface area contributed by atoms with Gasteiger partial charge in [0.05, 0.1) is 12.6 Å². The first-order valence-corrected chi connectivity index (χ1v) is 14.3. The van der Waals surface area contributed by atoms with Crippen molar-refractivity contribution in [3.63, 3.8) is 0 Å². The number of ether oxygens (including phenoxy) is 1. The number of rotatable bonds is 7. The summed E-state index contributed by atoms with van der Waals surface area (Å²) in [4.78, 5) is 63.9. The number of nitrogens with one attached hydrogen (secondary N) is 3. The van der Waals surface area contributed by atoms with E-state index in [2.05, 4.69) is 35.8 Å². The lowest BCUT2D eigenvalue weighted by Crippen LogP contribution is -2.43. The summed E-state index contributed by atoms with van der Waals surface area (Å²) in [5.74, 6) is 0.461. The second-order valence-electron chi connectivity index (χ2n) is 10.9. The summed E-state index contributed by atoms with van der Waals surface area (Å²) in [6.07, 6.45) is 4.19. The second kappa shape index (κ2) is 11.3. The maximum absolute atomic E-state index is 13.1. The van der Waals surface area contributed by atoms with Gasteiger partial charge in [-0.05, 0) is 47.7 Å². The highest BCUT2D eigenvalue weighted by molar-refractivity contribution is 5.97. The number of amides is 2. The number of aromatic nitrogens is 5. The minimum atomic E-state index is -0.667. The number of carbonyl (C=O) groups is 2. The van der Waals surface area contributed by atoms with E-state index in [4.69, 9.17) is 10.5 Å². The lowest BCUT2D eigenvalue weighted by atomic mass is 10.0. The Hall–Kier alpha value is -5.92. The van der Waals surface area contributed by atoms with E-state index >= 15 is 0 Å². The fourth-order valence-corrected chi connectivity index (χ4v) is 5.83. The van der Waals surface area contributed by atoms with Crippen LogP contribution in [0.1, 0.15) is 55.7 Å². The number of hydrogen-bond acceptors (Lipinski definition) is 11. The molecule has 0 saturated heterocycles. The number of H-pyrrole nitrogens is 1. The van der Waals surface area contributed by atoms with E-state index in [1.54, 1.807) is 11.0 Å². The predicted octanol–water partition coefficient (Wildman–Crippen LogP) is 1.19. The van der Waals surface area contributed by atoms with Crippen LogP contribution < -0.4 is 36.9 Å². The van der Waals surface area contributed by atoms with E-state index < -0.39 is 22.7 Å². The fourth-order valence-electron chi connectivity index (χ4n) is 5.83. The Morgan fingerprint density at radius 2 is 1.82 bits per heavy atom. The van der Waals surface area contributed by atoms with Gasteiger partial charge in [-0.1, -0.05) is 18.2 Å². The molecular formula is C31H27N9O5. The minimum Gasteiger partial charge on any atom is -0.491 e. The SMILES string of the molecule is Nc1c(N2CCOc3ccc(CNC(=O)c4cc(C(=O)N[C@H]5CCc6cc(-c7ncn[nH]7)ccc65)ncn4)cc3C2)c(=O)c1=O. The van der Waals surface area contributed by atoms with Gasteiger partial charge in [0.2, 0.25) is 0 Å². The van der Waals surface area contributed by atoms with E-state index in [0.29, 0.717) is 31.3 Å². The maximum Gasteiger partial charge on any atom is 0.270 e. The van der Waals surface area contributed by atoms with Crippen LogP contribution in [0.4, 0.5) is 11.4 Å². The largest absolute Gasteiger partial charge is 0.491 e. The van der Waals surface area contributed by atoms with Gasteiger partial charge in [-0.3, -0.25) is 24.3 Å². The van der Waals surface area contributed by atoms with Crippen LogP contribution >= 0.6 is 0 Å². The Kier molecular flexibility index (Phi) is 7.00. The molecule has 0 bridgehead atoms. The van der Waals surface area contributed by atoms with E-state index in [9.17, 15) is 19.2 Å². The number of benzene rings is 2.